The number of imidazole rings is 1. The molecule has 0 radical (unpaired) electrons. The van der Waals surface area contributed by atoms with Crippen molar-refractivity contribution in [1.29, 1.82) is 0 Å². The standard InChI is InChI=1S/C19H19N5O/c1-3-25-19-16(15-9-10-22-24(15)2)14(11-13-7-5-4-6-8-13)17-18(23-19)21-12-20-17/h4-10,12H,3,11H2,1-2H3,(H,20,21,23). The van der Waals surface area contributed by atoms with Gasteiger partial charge < -0.3 is 9.72 Å². The summed E-state index contributed by atoms with van der Waals surface area (Å²) < 4.78 is 7.71. The van der Waals surface area contributed by atoms with Crippen LogP contribution in [0.25, 0.3) is 22.4 Å². The molecular formula is C19H19N5O. The summed E-state index contributed by atoms with van der Waals surface area (Å²) in [6, 6.07) is 12.3. The average molecular weight is 333 g/mol. The molecule has 0 bridgehead atoms. The maximum Gasteiger partial charge on any atom is 0.225 e. The molecule has 0 saturated carbocycles. The normalized spacial score (nSPS) is 11.1. The second-order valence-corrected chi connectivity index (χ2v) is 5.81. The molecule has 3 heterocycles. The first-order chi connectivity index (χ1) is 12.3. The molecule has 3 aromatic heterocycles. The lowest BCUT2D eigenvalue weighted by Gasteiger charge is -2.15. The minimum absolute atomic E-state index is 0.540. The van der Waals surface area contributed by atoms with Gasteiger partial charge in [0, 0.05) is 19.7 Å². The highest BCUT2D eigenvalue weighted by Crippen LogP contribution is 2.36. The van der Waals surface area contributed by atoms with Gasteiger partial charge in [-0.25, -0.2) is 4.98 Å². The number of rotatable bonds is 5. The molecule has 0 aliphatic rings. The third-order valence-electron chi connectivity index (χ3n) is 4.23. The summed E-state index contributed by atoms with van der Waals surface area (Å²) in [5, 5.41) is 4.32. The van der Waals surface area contributed by atoms with Crippen molar-refractivity contribution in [2.24, 2.45) is 7.05 Å². The van der Waals surface area contributed by atoms with E-state index in [2.05, 4.69) is 32.2 Å². The van der Waals surface area contributed by atoms with Crippen LogP contribution in [0.5, 0.6) is 5.88 Å². The van der Waals surface area contributed by atoms with Gasteiger partial charge in [-0.15, -0.1) is 0 Å². The van der Waals surface area contributed by atoms with Crippen LogP contribution in [-0.2, 0) is 13.5 Å². The summed E-state index contributed by atoms with van der Waals surface area (Å²) in [4.78, 5) is 12.2. The van der Waals surface area contributed by atoms with Crippen LogP contribution in [0.2, 0.25) is 0 Å². The van der Waals surface area contributed by atoms with Gasteiger partial charge in [-0.05, 0) is 24.1 Å². The molecule has 6 nitrogen and oxygen atoms in total. The van der Waals surface area contributed by atoms with Crippen LogP contribution in [0.4, 0.5) is 0 Å². The third-order valence-corrected chi connectivity index (χ3v) is 4.23. The van der Waals surface area contributed by atoms with Crippen molar-refractivity contribution in [3.8, 4) is 17.1 Å². The van der Waals surface area contributed by atoms with E-state index in [0.29, 0.717) is 18.1 Å². The van der Waals surface area contributed by atoms with Crippen molar-refractivity contribution in [3.05, 3.63) is 60.0 Å². The Morgan fingerprint density at radius 2 is 2.00 bits per heavy atom. The van der Waals surface area contributed by atoms with E-state index < -0.39 is 0 Å². The molecule has 4 rings (SSSR count). The minimum Gasteiger partial charge on any atom is -0.477 e. The number of hydrogen-bond acceptors (Lipinski definition) is 4. The van der Waals surface area contributed by atoms with E-state index in [1.807, 2.05) is 42.9 Å². The Bertz CT molecular complexity index is 1000. The lowest BCUT2D eigenvalue weighted by Crippen LogP contribution is -2.05. The van der Waals surface area contributed by atoms with E-state index >= 15 is 0 Å². The second kappa shape index (κ2) is 6.39. The van der Waals surface area contributed by atoms with E-state index in [9.17, 15) is 0 Å². The number of pyridine rings is 1. The van der Waals surface area contributed by atoms with Crippen LogP contribution in [0.1, 0.15) is 18.1 Å². The molecule has 4 aromatic rings. The third kappa shape index (κ3) is 2.76. The molecule has 0 amide bonds. The van der Waals surface area contributed by atoms with Crippen molar-refractivity contribution in [2.45, 2.75) is 13.3 Å². The fourth-order valence-electron chi connectivity index (χ4n) is 3.10. The lowest BCUT2D eigenvalue weighted by atomic mass is 9.98. The number of benzene rings is 1. The molecule has 0 spiro atoms. The predicted octanol–water partition coefficient (Wildman–Crippen LogP) is 3.35. The van der Waals surface area contributed by atoms with Gasteiger partial charge in [0.1, 0.15) is 0 Å². The Morgan fingerprint density at radius 3 is 2.72 bits per heavy atom. The molecule has 126 valence electrons. The lowest BCUT2D eigenvalue weighted by molar-refractivity contribution is 0.329. The Morgan fingerprint density at radius 1 is 1.16 bits per heavy atom. The summed E-state index contributed by atoms with van der Waals surface area (Å²) in [7, 11) is 1.93. The monoisotopic (exact) mass is 333 g/mol. The smallest absolute Gasteiger partial charge is 0.225 e. The average Bonchev–Trinajstić information content (AvgIpc) is 3.25. The molecule has 0 saturated heterocycles. The van der Waals surface area contributed by atoms with Crippen molar-refractivity contribution in [3.63, 3.8) is 0 Å². The fraction of sp³-hybridized carbons (Fsp3) is 0.211. The van der Waals surface area contributed by atoms with E-state index in [1.54, 1.807) is 12.5 Å². The number of hydrogen-bond donors (Lipinski definition) is 1. The summed E-state index contributed by atoms with van der Waals surface area (Å²) in [6.07, 6.45) is 4.21. The molecular weight excluding hydrogens is 314 g/mol. The molecule has 25 heavy (non-hydrogen) atoms. The van der Waals surface area contributed by atoms with E-state index in [0.717, 1.165) is 28.8 Å². The molecule has 0 aliphatic carbocycles. The molecule has 0 fully saturated rings. The number of nitrogens with one attached hydrogen (secondary N) is 1. The quantitative estimate of drug-likeness (QED) is 0.608. The van der Waals surface area contributed by atoms with Crippen molar-refractivity contribution >= 4 is 11.2 Å². The van der Waals surface area contributed by atoms with Crippen LogP contribution < -0.4 is 4.74 Å². The van der Waals surface area contributed by atoms with E-state index in [1.165, 1.54) is 5.56 Å². The topological polar surface area (TPSA) is 68.6 Å². The fourth-order valence-corrected chi connectivity index (χ4v) is 3.10. The van der Waals surface area contributed by atoms with Gasteiger partial charge in [-0.3, -0.25) is 4.68 Å². The number of aromatic nitrogens is 5. The SMILES string of the molecule is CCOc1nc2nc[nH]c2c(Cc2ccccc2)c1-c1ccnn1C. The van der Waals surface area contributed by atoms with Crippen molar-refractivity contribution in [2.75, 3.05) is 6.61 Å². The van der Waals surface area contributed by atoms with Gasteiger partial charge in [0.25, 0.3) is 0 Å². The van der Waals surface area contributed by atoms with Gasteiger partial charge >= 0.3 is 0 Å². The predicted molar refractivity (Wildman–Crippen MR) is 96.5 cm³/mol. The first kappa shape index (κ1) is 15.4. The van der Waals surface area contributed by atoms with E-state index in [4.69, 9.17) is 4.74 Å². The Hall–Kier alpha value is -3.15. The first-order valence-corrected chi connectivity index (χ1v) is 8.29. The maximum atomic E-state index is 5.87. The Labute approximate surface area is 145 Å². The van der Waals surface area contributed by atoms with Gasteiger partial charge in [0.2, 0.25) is 5.88 Å². The Balaban J connectivity index is 1.99. The summed E-state index contributed by atoms with van der Waals surface area (Å²) in [5.41, 5.74) is 5.86. The van der Waals surface area contributed by atoms with Crippen LogP contribution >= 0.6 is 0 Å². The van der Waals surface area contributed by atoms with Crippen molar-refractivity contribution < 1.29 is 4.74 Å². The zero-order valence-corrected chi connectivity index (χ0v) is 14.2. The van der Waals surface area contributed by atoms with Crippen LogP contribution in [-0.4, -0.2) is 31.3 Å². The zero-order valence-electron chi connectivity index (χ0n) is 14.2. The molecule has 1 N–H and O–H groups in total. The van der Waals surface area contributed by atoms with Gasteiger partial charge in [-0.2, -0.15) is 10.1 Å². The second-order valence-electron chi connectivity index (χ2n) is 5.81. The molecule has 0 unspecified atom stereocenters. The van der Waals surface area contributed by atoms with Gasteiger partial charge in [0.05, 0.1) is 29.7 Å². The van der Waals surface area contributed by atoms with Crippen LogP contribution in [0.3, 0.4) is 0 Å². The largest absolute Gasteiger partial charge is 0.477 e. The molecule has 1 aromatic carbocycles. The summed E-state index contributed by atoms with van der Waals surface area (Å²) >= 11 is 0. The first-order valence-electron chi connectivity index (χ1n) is 8.29. The number of fused-ring (bicyclic) bond motifs is 1. The number of ether oxygens (including phenoxy) is 1. The molecule has 0 atom stereocenters. The molecule has 6 heteroatoms. The summed E-state index contributed by atoms with van der Waals surface area (Å²) in [5.74, 6) is 0.594. The van der Waals surface area contributed by atoms with Crippen LogP contribution in [0.15, 0.2) is 48.9 Å². The minimum atomic E-state index is 0.540. The van der Waals surface area contributed by atoms with Gasteiger partial charge in [0.15, 0.2) is 5.65 Å². The number of H-pyrrole nitrogens is 1. The summed E-state index contributed by atoms with van der Waals surface area (Å²) in [6.45, 7) is 2.50. The van der Waals surface area contributed by atoms with E-state index in [-0.39, 0.29) is 0 Å². The van der Waals surface area contributed by atoms with Gasteiger partial charge in [-0.1, -0.05) is 30.3 Å². The molecule has 0 aliphatic heterocycles. The highest BCUT2D eigenvalue weighted by Gasteiger charge is 2.21. The van der Waals surface area contributed by atoms with Crippen LogP contribution in [0, 0.1) is 0 Å². The highest BCUT2D eigenvalue weighted by atomic mass is 16.5. The highest BCUT2D eigenvalue weighted by molar-refractivity contribution is 5.86. The number of aromatic amines is 1. The number of aryl methyl sites for hydroxylation is 1. The number of nitrogens with zero attached hydrogens (tertiary/aromatic N) is 4. The van der Waals surface area contributed by atoms with Crippen molar-refractivity contribution in [1.82, 2.24) is 24.7 Å². The maximum absolute atomic E-state index is 5.87. The zero-order chi connectivity index (χ0) is 17.2. The Kier molecular flexibility index (Phi) is 3.93.